The monoisotopic (exact) mass is 295 g/mol. The van der Waals surface area contributed by atoms with Gasteiger partial charge in [0.15, 0.2) is 0 Å². The molecule has 0 bridgehead atoms. The van der Waals surface area contributed by atoms with Crippen LogP contribution in [0.1, 0.15) is 11.1 Å². The standard InChI is InChI=1S/C16H16F3NO/c17-16(18,19)13-7-4-8-15(10-13)21-11-14(20)9-12-5-2-1-3-6-12/h1-8,10,14H,9,11,20H2. The van der Waals surface area contributed by atoms with Gasteiger partial charge >= 0.3 is 6.18 Å². The molecular formula is C16H16F3NO. The van der Waals surface area contributed by atoms with Gasteiger partial charge in [-0.1, -0.05) is 36.4 Å². The normalized spacial score (nSPS) is 13.0. The van der Waals surface area contributed by atoms with Gasteiger partial charge in [-0.05, 0) is 30.2 Å². The van der Waals surface area contributed by atoms with E-state index in [4.69, 9.17) is 10.5 Å². The van der Waals surface area contributed by atoms with Gasteiger partial charge in [-0.25, -0.2) is 0 Å². The molecule has 0 radical (unpaired) electrons. The minimum atomic E-state index is -4.37. The summed E-state index contributed by atoms with van der Waals surface area (Å²) < 4.78 is 43.1. The van der Waals surface area contributed by atoms with E-state index in [0.717, 1.165) is 17.7 Å². The van der Waals surface area contributed by atoms with Crippen molar-refractivity contribution in [1.82, 2.24) is 0 Å². The molecule has 1 atom stereocenters. The summed E-state index contributed by atoms with van der Waals surface area (Å²) in [5.74, 6) is 0.174. The van der Waals surface area contributed by atoms with Crippen LogP contribution in [-0.2, 0) is 12.6 Å². The lowest BCUT2D eigenvalue weighted by Gasteiger charge is -2.14. The van der Waals surface area contributed by atoms with E-state index in [1.165, 1.54) is 12.1 Å². The van der Waals surface area contributed by atoms with Gasteiger partial charge in [0, 0.05) is 6.04 Å². The number of alkyl halides is 3. The van der Waals surface area contributed by atoms with Crippen LogP contribution in [0.2, 0.25) is 0 Å². The molecule has 0 saturated carbocycles. The molecule has 0 aliphatic rings. The molecular weight excluding hydrogens is 279 g/mol. The molecule has 1 unspecified atom stereocenters. The highest BCUT2D eigenvalue weighted by Crippen LogP contribution is 2.31. The van der Waals surface area contributed by atoms with Crippen LogP contribution in [-0.4, -0.2) is 12.6 Å². The molecule has 2 nitrogen and oxygen atoms in total. The molecule has 0 aliphatic carbocycles. The molecule has 0 fully saturated rings. The summed E-state index contributed by atoms with van der Waals surface area (Å²) >= 11 is 0. The second-order valence-corrected chi connectivity index (χ2v) is 4.79. The lowest BCUT2D eigenvalue weighted by molar-refractivity contribution is -0.137. The lowest BCUT2D eigenvalue weighted by atomic mass is 10.1. The lowest BCUT2D eigenvalue weighted by Crippen LogP contribution is -2.30. The zero-order valence-electron chi connectivity index (χ0n) is 11.3. The van der Waals surface area contributed by atoms with Gasteiger partial charge in [0.05, 0.1) is 5.56 Å². The smallest absolute Gasteiger partial charge is 0.416 e. The maximum Gasteiger partial charge on any atom is 0.416 e. The highest BCUT2D eigenvalue weighted by Gasteiger charge is 2.30. The van der Waals surface area contributed by atoms with Gasteiger partial charge in [-0.3, -0.25) is 0 Å². The highest BCUT2D eigenvalue weighted by atomic mass is 19.4. The molecule has 112 valence electrons. The summed E-state index contributed by atoms with van der Waals surface area (Å²) in [7, 11) is 0. The second-order valence-electron chi connectivity index (χ2n) is 4.79. The zero-order chi connectivity index (χ0) is 15.3. The molecule has 0 aliphatic heterocycles. The molecule has 2 aromatic carbocycles. The van der Waals surface area contributed by atoms with E-state index in [1.807, 2.05) is 30.3 Å². The molecule has 0 amide bonds. The fourth-order valence-corrected chi connectivity index (χ4v) is 1.94. The van der Waals surface area contributed by atoms with E-state index in [2.05, 4.69) is 0 Å². The minimum Gasteiger partial charge on any atom is -0.492 e. The second kappa shape index (κ2) is 6.63. The van der Waals surface area contributed by atoms with Crippen LogP contribution >= 0.6 is 0 Å². The van der Waals surface area contributed by atoms with E-state index in [0.29, 0.717) is 6.42 Å². The van der Waals surface area contributed by atoms with Gasteiger partial charge in [0.25, 0.3) is 0 Å². The third-order valence-electron chi connectivity index (χ3n) is 2.97. The molecule has 0 spiro atoms. The first-order chi connectivity index (χ1) is 9.95. The zero-order valence-corrected chi connectivity index (χ0v) is 11.3. The Balaban J connectivity index is 1.91. The average Bonchev–Trinajstić information content (AvgIpc) is 2.46. The maximum atomic E-state index is 12.6. The van der Waals surface area contributed by atoms with Gasteiger partial charge < -0.3 is 10.5 Å². The van der Waals surface area contributed by atoms with Crippen LogP contribution in [0, 0.1) is 0 Å². The van der Waals surface area contributed by atoms with Crippen LogP contribution in [0.4, 0.5) is 13.2 Å². The van der Waals surface area contributed by atoms with E-state index in [9.17, 15) is 13.2 Å². The van der Waals surface area contributed by atoms with Gasteiger partial charge in [-0.2, -0.15) is 13.2 Å². The Morgan fingerprint density at radius 1 is 1.00 bits per heavy atom. The average molecular weight is 295 g/mol. The summed E-state index contributed by atoms with van der Waals surface area (Å²) in [4.78, 5) is 0. The van der Waals surface area contributed by atoms with Crippen molar-refractivity contribution in [2.45, 2.75) is 18.6 Å². The number of hydrogen-bond donors (Lipinski definition) is 1. The molecule has 2 rings (SSSR count). The molecule has 0 heterocycles. The van der Waals surface area contributed by atoms with Crippen molar-refractivity contribution in [2.24, 2.45) is 5.73 Å². The van der Waals surface area contributed by atoms with E-state index < -0.39 is 11.7 Å². The van der Waals surface area contributed by atoms with Crippen molar-refractivity contribution in [3.8, 4) is 5.75 Å². The Labute approximate surface area is 121 Å². The molecule has 21 heavy (non-hydrogen) atoms. The third kappa shape index (κ3) is 4.79. The number of hydrogen-bond acceptors (Lipinski definition) is 2. The van der Waals surface area contributed by atoms with Crippen LogP contribution in [0.5, 0.6) is 5.75 Å². The van der Waals surface area contributed by atoms with Crippen molar-refractivity contribution in [2.75, 3.05) is 6.61 Å². The predicted molar refractivity (Wildman–Crippen MR) is 75.1 cm³/mol. The highest BCUT2D eigenvalue weighted by molar-refractivity contribution is 5.30. The number of rotatable bonds is 5. The fraction of sp³-hybridized carbons (Fsp3) is 0.250. The van der Waals surface area contributed by atoms with Gasteiger partial charge in [-0.15, -0.1) is 0 Å². The fourth-order valence-electron chi connectivity index (χ4n) is 1.94. The number of benzene rings is 2. The molecule has 0 saturated heterocycles. The van der Waals surface area contributed by atoms with E-state index in [1.54, 1.807) is 0 Å². The van der Waals surface area contributed by atoms with Crippen molar-refractivity contribution < 1.29 is 17.9 Å². The van der Waals surface area contributed by atoms with Crippen molar-refractivity contribution >= 4 is 0 Å². The summed E-state index contributed by atoms with van der Waals surface area (Å²) in [6, 6.07) is 14.2. The third-order valence-corrected chi connectivity index (χ3v) is 2.97. The van der Waals surface area contributed by atoms with Crippen LogP contribution in [0.3, 0.4) is 0 Å². The Morgan fingerprint density at radius 3 is 2.38 bits per heavy atom. The summed E-state index contributed by atoms with van der Waals surface area (Å²) in [5.41, 5.74) is 6.27. The topological polar surface area (TPSA) is 35.2 Å². The number of ether oxygens (including phenoxy) is 1. The number of halogens is 3. The van der Waals surface area contributed by atoms with Crippen LogP contribution in [0.25, 0.3) is 0 Å². The molecule has 2 N–H and O–H groups in total. The number of nitrogens with two attached hydrogens (primary N) is 1. The quantitative estimate of drug-likeness (QED) is 0.913. The van der Waals surface area contributed by atoms with E-state index >= 15 is 0 Å². The van der Waals surface area contributed by atoms with E-state index in [-0.39, 0.29) is 18.4 Å². The van der Waals surface area contributed by atoms with Crippen molar-refractivity contribution in [1.29, 1.82) is 0 Å². The van der Waals surface area contributed by atoms with Crippen LogP contribution < -0.4 is 10.5 Å². The molecule has 5 heteroatoms. The van der Waals surface area contributed by atoms with Gasteiger partial charge in [0.2, 0.25) is 0 Å². The first kappa shape index (κ1) is 15.4. The molecule has 2 aromatic rings. The van der Waals surface area contributed by atoms with Crippen LogP contribution in [0.15, 0.2) is 54.6 Å². The molecule has 0 aromatic heterocycles. The Hall–Kier alpha value is -2.01. The summed E-state index contributed by atoms with van der Waals surface area (Å²) in [5, 5.41) is 0. The summed E-state index contributed by atoms with van der Waals surface area (Å²) in [6.07, 6.45) is -3.76. The Morgan fingerprint density at radius 2 is 1.71 bits per heavy atom. The first-order valence-electron chi connectivity index (χ1n) is 6.55. The maximum absolute atomic E-state index is 12.6. The predicted octanol–water partition coefficient (Wildman–Crippen LogP) is 3.65. The Kier molecular flexibility index (Phi) is 4.85. The minimum absolute atomic E-state index is 0.163. The first-order valence-corrected chi connectivity index (χ1v) is 6.55. The largest absolute Gasteiger partial charge is 0.492 e. The van der Waals surface area contributed by atoms with Crippen molar-refractivity contribution in [3.63, 3.8) is 0 Å². The SMILES string of the molecule is NC(COc1cccc(C(F)(F)F)c1)Cc1ccccc1. The summed E-state index contributed by atoms with van der Waals surface area (Å²) in [6.45, 7) is 0.163. The van der Waals surface area contributed by atoms with Crippen molar-refractivity contribution in [3.05, 3.63) is 65.7 Å². The Bertz CT molecular complexity index is 569. The van der Waals surface area contributed by atoms with Gasteiger partial charge in [0.1, 0.15) is 12.4 Å².